The molecule has 0 aromatic heterocycles. The van der Waals surface area contributed by atoms with Gasteiger partial charge in [0.2, 0.25) is 0 Å². The van der Waals surface area contributed by atoms with E-state index < -0.39 is 0 Å². The Bertz CT molecular complexity index is 478. The second-order valence-electron chi connectivity index (χ2n) is 5.92. The normalized spacial score (nSPS) is 16.8. The van der Waals surface area contributed by atoms with Crippen LogP contribution in [0.2, 0.25) is 0 Å². The molecule has 3 nitrogen and oxygen atoms in total. The van der Waals surface area contributed by atoms with Crippen molar-refractivity contribution >= 4 is 0 Å². The third-order valence-corrected chi connectivity index (χ3v) is 4.17. The Labute approximate surface area is 128 Å². The maximum absolute atomic E-state index is 8.72. The predicted octanol–water partition coefficient (Wildman–Crippen LogP) is 1.95. The summed E-state index contributed by atoms with van der Waals surface area (Å²) in [5.74, 6) is 6.02. The summed E-state index contributed by atoms with van der Waals surface area (Å²) in [5, 5.41) is 8.72. The SMILES string of the molecule is CN1CCC(N(C)Cc2ccc(C#CCCO)cc2)CC1. The van der Waals surface area contributed by atoms with Crippen molar-refractivity contribution in [3.63, 3.8) is 0 Å². The predicted molar refractivity (Wildman–Crippen MR) is 87.0 cm³/mol. The summed E-state index contributed by atoms with van der Waals surface area (Å²) in [5.41, 5.74) is 2.36. The summed E-state index contributed by atoms with van der Waals surface area (Å²) in [7, 11) is 4.43. The molecule has 0 aliphatic carbocycles. The lowest BCUT2D eigenvalue weighted by Crippen LogP contribution is -2.41. The zero-order valence-corrected chi connectivity index (χ0v) is 13.2. The molecule has 3 heteroatoms. The smallest absolute Gasteiger partial charge is 0.0540 e. The van der Waals surface area contributed by atoms with Crippen LogP contribution < -0.4 is 0 Å². The second kappa shape index (κ2) is 8.19. The van der Waals surface area contributed by atoms with E-state index in [0.29, 0.717) is 12.5 Å². The number of hydrogen-bond acceptors (Lipinski definition) is 3. The maximum Gasteiger partial charge on any atom is 0.0540 e. The standard InChI is InChI=1S/C18H26N2O/c1-19-12-10-18(11-13-19)20(2)15-17-8-6-16(7-9-17)5-3-4-14-21/h6-9,18,21H,4,10-15H2,1-2H3. The van der Waals surface area contributed by atoms with Crippen LogP contribution >= 0.6 is 0 Å². The Hall–Kier alpha value is -1.34. The molecule has 0 radical (unpaired) electrons. The summed E-state index contributed by atoms with van der Waals surface area (Å²) in [6, 6.07) is 9.16. The molecule has 1 N–H and O–H groups in total. The highest BCUT2D eigenvalue weighted by molar-refractivity contribution is 5.36. The second-order valence-corrected chi connectivity index (χ2v) is 5.92. The number of aliphatic hydroxyl groups excluding tert-OH is 1. The molecular weight excluding hydrogens is 260 g/mol. The van der Waals surface area contributed by atoms with Crippen molar-refractivity contribution in [2.75, 3.05) is 33.8 Å². The van der Waals surface area contributed by atoms with Crippen molar-refractivity contribution < 1.29 is 5.11 Å². The van der Waals surface area contributed by atoms with Crippen molar-refractivity contribution in [2.45, 2.75) is 31.8 Å². The molecule has 0 unspecified atom stereocenters. The van der Waals surface area contributed by atoms with Crippen molar-refractivity contribution in [1.29, 1.82) is 0 Å². The summed E-state index contributed by atoms with van der Waals surface area (Å²) in [6.45, 7) is 3.54. The summed E-state index contributed by atoms with van der Waals surface area (Å²) >= 11 is 0. The van der Waals surface area contributed by atoms with Crippen LogP contribution in [0, 0.1) is 11.8 Å². The zero-order chi connectivity index (χ0) is 15.1. The van der Waals surface area contributed by atoms with Crippen molar-refractivity contribution in [1.82, 2.24) is 9.80 Å². The van der Waals surface area contributed by atoms with Crippen LogP contribution in [0.1, 0.15) is 30.4 Å². The van der Waals surface area contributed by atoms with Crippen molar-refractivity contribution in [3.05, 3.63) is 35.4 Å². The van der Waals surface area contributed by atoms with Gasteiger partial charge in [-0.15, -0.1) is 0 Å². The van der Waals surface area contributed by atoms with E-state index in [0.717, 1.165) is 12.1 Å². The van der Waals surface area contributed by atoms with Crippen LogP contribution in [-0.2, 0) is 6.54 Å². The fourth-order valence-corrected chi connectivity index (χ4v) is 2.77. The first-order valence-corrected chi connectivity index (χ1v) is 7.76. The third kappa shape index (κ3) is 5.17. The van der Waals surface area contributed by atoms with Gasteiger partial charge in [-0.1, -0.05) is 24.0 Å². The zero-order valence-electron chi connectivity index (χ0n) is 13.2. The first-order chi connectivity index (χ1) is 10.2. The minimum atomic E-state index is 0.131. The number of aliphatic hydroxyl groups is 1. The van der Waals surface area contributed by atoms with E-state index in [1.807, 2.05) is 0 Å². The van der Waals surface area contributed by atoms with Crippen LogP contribution in [-0.4, -0.2) is 54.7 Å². The van der Waals surface area contributed by atoms with E-state index in [9.17, 15) is 0 Å². The molecule has 1 aliphatic rings. The van der Waals surface area contributed by atoms with Gasteiger partial charge in [0, 0.05) is 24.6 Å². The molecule has 0 amide bonds. The quantitative estimate of drug-likeness (QED) is 0.857. The largest absolute Gasteiger partial charge is 0.395 e. The molecule has 1 heterocycles. The molecule has 1 aromatic rings. The van der Waals surface area contributed by atoms with Gasteiger partial charge in [0.15, 0.2) is 0 Å². The Kier molecular flexibility index (Phi) is 6.25. The monoisotopic (exact) mass is 286 g/mol. The minimum Gasteiger partial charge on any atom is -0.395 e. The fraction of sp³-hybridized carbons (Fsp3) is 0.556. The first-order valence-electron chi connectivity index (χ1n) is 7.76. The Morgan fingerprint density at radius 3 is 2.52 bits per heavy atom. The van der Waals surface area contributed by atoms with Gasteiger partial charge < -0.3 is 10.0 Å². The molecular formula is C18H26N2O. The lowest BCUT2D eigenvalue weighted by molar-refractivity contribution is 0.139. The Morgan fingerprint density at radius 2 is 1.90 bits per heavy atom. The van der Waals surface area contributed by atoms with E-state index >= 15 is 0 Å². The molecule has 2 rings (SSSR count). The molecule has 1 saturated heterocycles. The molecule has 0 spiro atoms. The highest BCUT2D eigenvalue weighted by Crippen LogP contribution is 2.16. The first kappa shape index (κ1) is 16.0. The number of nitrogens with zero attached hydrogens (tertiary/aromatic N) is 2. The number of piperidine rings is 1. The van der Waals surface area contributed by atoms with E-state index in [-0.39, 0.29) is 6.61 Å². The fourth-order valence-electron chi connectivity index (χ4n) is 2.77. The minimum absolute atomic E-state index is 0.131. The Balaban J connectivity index is 1.86. The average molecular weight is 286 g/mol. The van der Waals surface area contributed by atoms with E-state index in [4.69, 9.17) is 5.11 Å². The molecule has 0 saturated carbocycles. The Morgan fingerprint density at radius 1 is 1.24 bits per heavy atom. The van der Waals surface area contributed by atoms with Gasteiger partial charge in [0.25, 0.3) is 0 Å². The maximum atomic E-state index is 8.72. The van der Waals surface area contributed by atoms with Gasteiger partial charge in [-0.3, -0.25) is 4.90 Å². The van der Waals surface area contributed by atoms with Gasteiger partial charge in [-0.05, 0) is 57.7 Å². The van der Waals surface area contributed by atoms with E-state index in [1.165, 1.54) is 31.5 Å². The molecule has 1 aliphatic heterocycles. The van der Waals surface area contributed by atoms with Crippen molar-refractivity contribution in [3.8, 4) is 11.8 Å². The number of likely N-dealkylation sites (tertiary alicyclic amines) is 1. The highest BCUT2D eigenvalue weighted by Gasteiger charge is 2.20. The van der Waals surface area contributed by atoms with E-state index in [1.54, 1.807) is 0 Å². The van der Waals surface area contributed by atoms with Gasteiger partial charge in [-0.25, -0.2) is 0 Å². The summed E-state index contributed by atoms with van der Waals surface area (Å²) in [6.07, 6.45) is 3.07. The summed E-state index contributed by atoms with van der Waals surface area (Å²) in [4.78, 5) is 4.88. The number of rotatable bonds is 4. The molecule has 1 fully saturated rings. The van der Waals surface area contributed by atoms with Crippen LogP contribution in [0.15, 0.2) is 24.3 Å². The van der Waals surface area contributed by atoms with Crippen LogP contribution in [0.25, 0.3) is 0 Å². The third-order valence-electron chi connectivity index (χ3n) is 4.17. The van der Waals surface area contributed by atoms with Gasteiger partial charge in [-0.2, -0.15) is 0 Å². The lowest BCUT2D eigenvalue weighted by Gasteiger charge is -2.35. The molecule has 0 atom stereocenters. The van der Waals surface area contributed by atoms with Gasteiger partial charge in [0.1, 0.15) is 0 Å². The summed E-state index contributed by atoms with van der Waals surface area (Å²) < 4.78 is 0. The number of hydrogen-bond donors (Lipinski definition) is 1. The van der Waals surface area contributed by atoms with Gasteiger partial charge >= 0.3 is 0 Å². The molecule has 21 heavy (non-hydrogen) atoms. The van der Waals surface area contributed by atoms with Crippen LogP contribution in [0.4, 0.5) is 0 Å². The molecule has 1 aromatic carbocycles. The van der Waals surface area contributed by atoms with Gasteiger partial charge in [0.05, 0.1) is 6.61 Å². The topological polar surface area (TPSA) is 26.7 Å². The molecule has 0 bridgehead atoms. The van der Waals surface area contributed by atoms with Crippen LogP contribution in [0.5, 0.6) is 0 Å². The average Bonchev–Trinajstić information content (AvgIpc) is 2.50. The van der Waals surface area contributed by atoms with Crippen molar-refractivity contribution in [2.24, 2.45) is 0 Å². The highest BCUT2D eigenvalue weighted by atomic mass is 16.2. The lowest BCUT2D eigenvalue weighted by atomic mass is 10.0. The molecule has 114 valence electrons. The van der Waals surface area contributed by atoms with E-state index in [2.05, 4.69) is 60.0 Å². The van der Waals surface area contributed by atoms with Crippen LogP contribution in [0.3, 0.4) is 0 Å². The number of benzene rings is 1.